The van der Waals surface area contributed by atoms with Gasteiger partial charge in [-0.3, -0.25) is 4.79 Å². The summed E-state index contributed by atoms with van der Waals surface area (Å²) >= 11 is 0. The molecule has 10 nitrogen and oxygen atoms in total. The lowest BCUT2D eigenvalue weighted by atomic mass is 9.95. The summed E-state index contributed by atoms with van der Waals surface area (Å²) in [5.41, 5.74) is 4.57. The molecule has 0 aliphatic carbocycles. The quantitative estimate of drug-likeness (QED) is 0.249. The number of ether oxygens (including phenoxy) is 1. The Kier molecular flexibility index (Phi) is 9.48. The van der Waals surface area contributed by atoms with E-state index in [0.29, 0.717) is 35.8 Å². The number of aryl methyl sites for hydroxylation is 3. The van der Waals surface area contributed by atoms with Crippen molar-refractivity contribution in [2.45, 2.75) is 84.4 Å². The first-order valence-electron chi connectivity index (χ1n) is 15.3. The van der Waals surface area contributed by atoms with Gasteiger partial charge in [0, 0.05) is 24.3 Å². The number of hydrogen-bond acceptors (Lipinski definition) is 8. The number of anilines is 1. The normalized spacial score (nSPS) is 16.5. The molecule has 1 N–H and O–H groups in total. The molecular formula is C34H42N6O4S. The molecule has 1 aliphatic heterocycles. The molecular weight excluding hydrogens is 588 g/mol. The number of carbonyl (C=O) groups is 1. The van der Waals surface area contributed by atoms with E-state index >= 15 is 0 Å². The van der Waals surface area contributed by atoms with E-state index in [2.05, 4.69) is 38.5 Å². The van der Waals surface area contributed by atoms with E-state index in [-0.39, 0.29) is 48.3 Å². The Morgan fingerprint density at radius 2 is 1.69 bits per heavy atom. The lowest BCUT2D eigenvalue weighted by Crippen LogP contribution is -2.41. The third-order valence-electron chi connectivity index (χ3n) is 7.68. The molecule has 0 saturated heterocycles. The summed E-state index contributed by atoms with van der Waals surface area (Å²) in [6.07, 6.45) is 5.01. The highest BCUT2D eigenvalue weighted by Crippen LogP contribution is 2.30. The smallest absolute Gasteiger partial charge is 0.264 e. The van der Waals surface area contributed by atoms with Crippen LogP contribution < -0.4 is 9.46 Å². The van der Waals surface area contributed by atoms with Gasteiger partial charge in [0.05, 0.1) is 35.6 Å². The van der Waals surface area contributed by atoms with Crippen LogP contribution in [0.1, 0.15) is 75.0 Å². The second kappa shape index (κ2) is 13.3. The zero-order chi connectivity index (χ0) is 32.3. The maximum absolute atomic E-state index is 14.2. The number of nitrogens with zero attached hydrogens (tertiary/aromatic N) is 5. The molecule has 2 aromatic heterocycles. The van der Waals surface area contributed by atoms with Gasteiger partial charge in [0.2, 0.25) is 5.95 Å². The second-order valence-electron chi connectivity index (χ2n) is 12.2. The summed E-state index contributed by atoms with van der Waals surface area (Å²) in [4.78, 5) is 34.2. The maximum atomic E-state index is 14.2. The molecule has 45 heavy (non-hydrogen) atoms. The summed E-state index contributed by atoms with van der Waals surface area (Å²) < 4.78 is 35.5. The molecule has 0 fully saturated rings. The summed E-state index contributed by atoms with van der Waals surface area (Å²) in [5, 5.41) is 0. The Labute approximate surface area is 266 Å². The van der Waals surface area contributed by atoms with Crippen LogP contribution in [0.15, 0.2) is 65.8 Å². The fraction of sp³-hybridized carbons (Fsp3) is 0.382. The zero-order valence-electron chi connectivity index (χ0n) is 26.6. The lowest BCUT2D eigenvalue weighted by molar-refractivity contribution is 0.0617. The molecule has 4 bridgehead atoms. The van der Waals surface area contributed by atoms with Crippen molar-refractivity contribution >= 4 is 21.9 Å². The predicted octanol–water partition coefficient (Wildman–Crippen LogP) is 6.39. The number of fused-ring (bicyclic) bond motifs is 4. The Morgan fingerprint density at radius 3 is 2.36 bits per heavy atom. The second-order valence-corrected chi connectivity index (χ2v) is 13.9. The first-order valence-corrected chi connectivity index (χ1v) is 16.7. The molecule has 5 rings (SSSR count). The van der Waals surface area contributed by atoms with Crippen molar-refractivity contribution in [3.63, 3.8) is 0 Å². The Balaban J connectivity index is 0.00000480. The van der Waals surface area contributed by atoms with Crippen LogP contribution in [0.5, 0.6) is 5.75 Å². The van der Waals surface area contributed by atoms with Gasteiger partial charge in [-0.25, -0.2) is 33.1 Å². The van der Waals surface area contributed by atoms with Crippen molar-refractivity contribution < 1.29 is 19.4 Å². The highest BCUT2D eigenvalue weighted by molar-refractivity contribution is 7.92. The van der Waals surface area contributed by atoms with Gasteiger partial charge < -0.3 is 9.64 Å². The number of hydrogen-bond donors (Lipinski definition) is 1. The number of carbonyl (C=O) groups excluding carboxylic acids is 1. The van der Waals surface area contributed by atoms with E-state index in [1.165, 1.54) is 12.1 Å². The number of nitrogens with one attached hydrogen (secondary N) is 1. The standard InChI is InChI=1S/C34H40N6O4S.H2/c1-21(2)15-27-14-13-26-17-30(32-23(5)9-7-10-24(32)6)38-34(37-26)39-45(42,43)29-12-8-11-25(16-29)33(41)40(27)20-31-35-18-28(19-36-31)44-22(3)4;/h7-12,16-19,21-22,27H,13-15,20H2,1-6H3,(H,37,38,39);1H/t27-;/m0./s1. The molecule has 0 unspecified atom stereocenters. The van der Waals surface area contributed by atoms with E-state index in [4.69, 9.17) is 4.74 Å². The van der Waals surface area contributed by atoms with Crippen LogP contribution in [-0.4, -0.2) is 51.3 Å². The van der Waals surface area contributed by atoms with E-state index in [1.807, 2.05) is 52.0 Å². The topological polar surface area (TPSA) is 127 Å². The van der Waals surface area contributed by atoms with E-state index < -0.39 is 10.0 Å². The zero-order valence-corrected chi connectivity index (χ0v) is 27.4. The highest BCUT2D eigenvalue weighted by Gasteiger charge is 2.29. The molecule has 4 aromatic rings. The van der Waals surface area contributed by atoms with Gasteiger partial charge in [-0.1, -0.05) is 38.1 Å². The Hall–Kier alpha value is -4.38. The van der Waals surface area contributed by atoms with Crippen LogP contribution >= 0.6 is 0 Å². The van der Waals surface area contributed by atoms with Gasteiger partial charge in [0.1, 0.15) is 5.82 Å². The van der Waals surface area contributed by atoms with Gasteiger partial charge in [-0.2, -0.15) is 0 Å². The van der Waals surface area contributed by atoms with Gasteiger partial charge in [-0.15, -0.1) is 0 Å². The molecule has 0 spiro atoms. The van der Waals surface area contributed by atoms with E-state index in [0.717, 1.165) is 23.1 Å². The number of aromatic nitrogens is 4. The number of rotatable bonds is 7. The largest absolute Gasteiger partial charge is 0.488 e. The maximum Gasteiger partial charge on any atom is 0.264 e. The summed E-state index contributed by atoms with van der Waals surface area (Å²) in [6.45, 7) is 12.3. The molecule has 238 valence electrons. The average Bonchev–Trinajstić information content (AvgIpc) is 2.98. The number of benzene rings is 2. The molecule has 1 amide bonds. The van der Waals surface area contributed by atoms with Gasteiger partial charge >= 0.3 is 0 Å². The molecule has 1 aliphatic rings. The van der Waals surface area contributed by atoms with Crippen molar-refractivity contribution in [3.8, 4) is 17.0 Å². The summed E-state index contributed by atoms with van der Waals surface area (Å²) in [7, 11) is -4.11. The fourth-order valence-electron chi connectivity index (χ4n) is 5.70. The first kappa shape index (κ1) is 32.0. The minimum Gasteiger partial charge on any atom is -0.488 e. The lowest BCUT2D eigenvalue weighted by Gasteiger charge is -2.33. The monoisotopic (exact) mass is 630 g/mol. The van der Waals surface area contributed by atoms with Crippen LogP contribution in [0, 0.1) is 19.8 Å². The van der Waals surface area contributed by atoms with Crippen molar-refractivity contribution in [3.05, 3.63) is 89.1 Å². The highest BCUT2D eigenvalue weighted by atomic mass is 32.2. The third-order valence-corrected chi connectivity index (χ3v) is 9.00. The minimum absolute atomic E-state index is 0. The van der Waals surface area contributed by atoms with Gasteiger partial charge in [0.15, 0.2) is 5.75 Å². The predicted molar refractivity (Wildman–Crippen MR) is 176 cm³/mol. The van der Waals surface area contributed by atoms with E-state index in [1.54, 1.807) is 29.4 Å². The van der Waals surface area contributed by atoms with Crippen molar-refractivity contribution in [2.24, 2.45) is 5.92 Å². The first-order chi connectivity index (χ1) is 21.4. The number of sulfonamides is 1. The SMILES string of the molecule is Cc1cccc(C)c1-c1cc2nc(n1)NS(=O)(=O)c1cccc(c1)C(=O)N(Cc1ncc(OC(C)C)cn1)[C@H](CC(C)C)CC2.[HH]. The van der Waals surface area contributed by atoms with Crippen LogP contribution in [0.3, 0.4) is 0 Å². The van der Waals surface area contributed by atoms with Crippen molar-refractivity contribution in [1.29, 1.82) is 0 Å². The number of amides is 1. The van der Waals surface area contributed by atoms with Crippen LogP contribution in [0.4, 0.5) is 5.95 Å². The Bertz CT molecular complexity index is 1780. The molecule has 0 saturated carbocycles. The molecule has 3 heterocycles. The van der Waals surface area contributed by atoms with Gasteiger partial charge in [0.25, 0.3) is 15.9 Å². The average molecular weight is 631 g/mol. The third kappa shape index (κ3) is 7.65. The molecule has 0 radical (unpaired) electrons. The molecule has 2 aromatic carbocycles. The van der Waals surface area contributed by atoms with Crippen LogP contribution in [-0.2, 0) is 23.0 Å². The minimum atomic E-state index is -4.11. The van der Waals surface area contributed by atoms with Crippen molar-refractivity contribution in [1.82, 2.24) is 24.8 Å². The van der Waals surface area contributed by atoms with Gasteiger partial charge in [-0.05, 0) is 88.3 Å². The summed E-state index contributed by atoms with van der Waals surface area (Å²) in [5.74, 6) is 0.994. The van der Waals surface area contributed by atoms with E-state index in [9.17, 15) is 13.2 Å². The van der Waals surface area contributed by atoms with Crippen LogP contribution in [0.25, 0.3) is 11.3 Å². The molecule has 11 heteroatoms. The fourth-order valence-corrected chi connectivity index (χ4v) is 6.68. The Morgan fingerprint density at radius 1 is 1.00 bits per heavy atom. The van der Waals surface area contributed by atoms with Crippen molar-refractivity contribution in [2.75, 3.05) is 4.72 Å². The molecule has 1 atom stereocenters. The van der Waals surface area contributed by atoms with Crippen LogP contribution in [0.2, 0.25) is 0 Å². The summed E-state index contributed by atoms with van der Waals surface area (Å²) in [6, 6.07) is 13.8.